The summed E-state index contributed by atoms with van der Waals surface area (Å²) in [6, 6.07) is 11.6. The third kappa shape index (κ3) is 3.73. The monoisotopic (exact) mass is 341 g/mol. The van der Waals surface area contributed by atoms with Crippen LogP contribution >= 0.6 is 0 Å². The molecule has 0 unspecified atom stereocenters. The van der Waals surface area contributed by atoms with E-state index in [1.807, 2.05) is 43.3 Å². The van der Waals surface area contributed by atoms with Crippen LogP contribution in [0.5, 0.6) is 0 Å². The number of aromatic nitrogens is 2. The minimum absolute atomic E-state index is 0.0421. The summed E-state index contributed by atoms with van der Waals surface area (Å²) in [6.45, 7) is 3.33. The lowest BCUT2D eigenvalue weighted by atomic mass is 9.97. The van der Waals surface area contributed by atoms with Crippen LogP contribution in [0.25, 0.3) is 11.3 Å². The van der Waals surface area contributed by atoms with E-state index in [0.717, 1.165) is 11.3 Å². The smallest absolute Gasteiger partial charge is 0.309 e. The summed E-state index contributed by atoms with van der Waals surface area (Å²) in [5, 5.41) is 4.46. The number of ether oxygens (including phenoxy) is 1. The van der Waals surface area contributed by atoms with E-state index in [0.29, 0.717) is 38.2 Å². The molecule has 0 aliphatic carbocycles. The van der Waals surface area contributed by atoms with E-state index in [1.165, 1.54) is 0 Å². The maximum Gasteiger partial charge on any atom is 0.309 e. The molecule has 1 aromatic carbocycles. The zero-order chi connectivity index (χ0) is 17.8. The number of esters is 1. The lowest BCUT2D eigenvalue weighted by Crippen LogP contribution is -2.41. The van der Waals surface area contributed by atoms with Crippen LogP contribution in [-0.2, 0) is 16.6 Å². The zero-order valence-corrected chi connectivity index (χ0v) is 14.6. The highest BCUT2D eigenvalue weighted by atomic mass is 16.5. The largest absolute Gasteiger partial charge is 0.466 e. The second kappa shape index (κ2) is 7.51. The summed E-state index contributed by atoms with van der Waals surface area (Å²) >= 11 is 0. The second-order valence-corrected chi connectivity index (χ2v) is 6.22. The van der Waals surface area contributed by atoms with Crippen molar-refractivity contribution >= 4 is 11.9 Å². The van der Waals surface area contributed by atoms with Gasteiger partial charge in [0.15, 0.2) is 0 Å². The molecule has 0 saturated carbocycles. The Hall–Kier alpha value is -2.63. The third-order valence-electron chi connectivity index (χ3n) is 4.57. The molecular weight excluding hydrogens is 318 g/mol. The van der Waals surface area contributed by atoms with Crippen LogP contribution in [0.4, 0.5) is 0 Å². The molecule has 2 heterocycles. The fourth-order valence-electron chi connectivity index (χ4n) is 3.16. The van der Waals surface area contributed by atoms with Crippen molar-refractivity contribution in [1.29, 1.82) is 0 Å². The highest BCUT2D eigenvalue weighted by Gasteiger charge is 2.29. The van der Waals surface area contributed by atoms with E-state index in [4.69, 9.17) is 4.74 Å². The Morgan fingerprint density at radius 2 is 1.88 bits per heavy atom. The molecule has 1 aliphatic heterocycles. The Labute approximate surface area is 147 Å². The van der Waals surface area contributed by atoms with Gasteiger partial charge in [-0.15, -0.1) is 0 Å². The van der Waals surface area contributed by atoms with Gasteiger partial charge in [0, 0.05) is 25.7 Å². The van der Waals surface area contributed by atoms with Gasteiger partial charge in [-0.1, -0.05) is 30.3 Å². The summed E-state index contributed by atoms with van der Waals surface area (Å²) in [4.78, 5) is 26.4. The van der Waals surface area contributed by atoms with Gasteiger partial charge in [0.2, 0.25) is 0 Å². The van der Waals surface area contributed by atoms with Gasteiger partial charge in [0.25, 0.3) is 5.91 Å². The Balaban J connectivity index is 1.68. The molecule has 132 valence electrons. The Morgan fingerprint density at radius 1 is 1.20 bits per heavy atom. The standard InChI is InChI=1S/C19H23N3O3/c1-3-25-19(24)15-9-11-22(12-10-15)18(23)17-13-16(20-21(17)2)14-7-5-4-6-8-14/h4-8,13,15H,3,9-12H2,1-2H3. The lowest BCUT2D eigenvalue weighted by Gasteiger charge is -2.30. The van der Waals surface area contributed by atoms with Gasteiger partial charge in [-0.25, -0.2) is 0 Å². The molecule has 0 bridgehead atoms. The molecule has 6 heteroatoms. The summed E-state index contributed by atoms with van der Waals surface area (Å²) in [5.41, 5.74) is 2.33. The van der Waals surface area contributed by atoms with Crippen LogP contribution in [0.3, 0.4) is 0 Å². The fourth-order valence-corrected chi connectivity index (χ4v) is 3.16. The van der Waals surface area contributed by atoms with Crippen molar-refractivity contribution in [2.45, 2.75) is 19.8 Å². The van der Waals surface area contributed by atoms with E-state index in [1.54, 1.807) is 16.6 Å². The Kier molecular flexibility index (Phi) is 5.16. The zero-order valence-electron chi connectivity index (χ0n) is 14.6. The number of amides is 1. The molecule has 0 spiro atoms. The number of carbonyl (C=O) groups excluding carboxylic acids is 2. The number of rotatable bonds is 4. The van der Waals surface area contributed by atoms with E-state index in [9.17, 15) is 9.59 Å². The number of benzene rings is 1. The van der Waals surface area contributed by atoms with Crippen molar-refractivity contribution in [2.75, 3.05) is 19.7 Å². The van der Waals surface area contributed by atoms with Gasteiger partial charge in [-0.05, 0) is 25.8 Å². The van der Waals surface area contributed by atoms with Gasteiger partial charge in [0.1, 0.15) is 5.69 Å². The number of piperidine rings is 1. The van der Waals surface area contributed by atoms with Crippen molar-refractivity contribution in [3.63, 3.8) is 0 Å². The average Bonchev–Trinajstić information content (AvgIpc) is 3.04. The summed E-state index contributed by atoms with van der Waals surface area (Å²) in [5.74, 6) is -0.295. The number of hydrogen-bond donors (Lipinski definition) is 0. The van der Waals surface area contributed by atoms with Crippen molar-refractivity contribution in [1.82, 2.24) is 14.7 Å². The minimum Gasteiger partial charge on any atom is -0.466 e. The molecule has 1 amide bonds. The Morgan fingerprint density at radius 3 is 2.52 bits per heavy atom. The van der Waals surface area contributed by atoms with Gasteiger partial charge >= 0.3 is 5.97 Å². The predicted molar refractivity (Wildman–Crippen MR) is 93.9 cm³/mol. The summed E-state index contributed by atoms with van der Waals surface area (Å²) < 4.78 is 6.70. The maximum absolute atomic E-state index is 12.8. The molecular formula is C19H23N3O3. The number of carbonyl (C=O) groups is 2. The number of likely N-dealkylation sites (tertiary alicyclic amines) is 1. The van der Waals surface area contributed by atoms with Crippen molar-refractivity contribution < 1.29 is 14.3 Å². The molecule has 1 fully saturated rings. The van der Waals surface area contributed by atoms with Gasteiger partial charge in [-0.3, -0.25) is 14.3 Å². The molecule has 2 aromatic rings. The van der Waals surface area contributed by atoms with Crippen molar-refractivity contribution in [3.05, 3.63) is 42.1 Å². The number of aryl methyl sites for hydroxylation is 1. The van der Waals surface area contributed by atoms with Crippen molar-refractivity contribution in [3.8, 4) is 11.3 Å². The van der Waals surface area contributed by atoms with E-state index >= 15 is 0 Å². The molecule has 0 N–H and O–H groups in total. The predicted octanol–water partition coefficient (Wildman–Crippen LogP) is 2.50. The van der Waals surface area contributed by atoms with Crippen LogP contribution in [0.1, 0.15) is 30.3 Å². The van der Waals surface area contributed by atoms with Gasteiger partial charge in [-0.2, -0.15) is 5.10 Å². The minimum atomic E-state index is -0.151. The molecule has 1 aromatic heterocycles. The van der Waals surface area contributed by atoms with Crippen molar-refractivity contribution in [2.24, 2.45) is 13.0 Å². The highest BCUT2D eigenvalue weighted by Crippen LogP contribution is 2.23. The molecule has 1 aliphatic rings. The van der Waals surface area contributed by atoms with Crippen LogP contribution in [0.2, 0.25) is 0 Å². The molecule has 0 atom stereocenters. The highest BCUT2D eigenvalue weighted by molar-refractivity contribution is 5.94. The van der Waals surface area contributed by atoms with Crippen LogP contribution in [0.15, 0.2) is 36.4 Å². The first-order valence-electron chi connectivity index (χ1n) is 8.65. The van der Waals surface area contributed by atoms with E-state index < -0.39 is 0 Å². The van der Waals surface area contributed by atoms with Crippen LogP contribution in [-0.4, -0.2) is 46.3 Å². The quantitative estimate of drug-likeness (QED) is 0.802. The number of nitrogens with zero attached hydrogens (tertiary/aromatic N) is 3. The second-order valence-electron chi connectivity index (χ2n) is 6.22. The average molecular weight is 341 g/mol. The van der Waals surface area contributed by atoms with Gasteiger partial charge < -0.3 is 9.64 Å². The molecule has 25 heavy (non-hydrogen) atoms. The topological polar surface area (TPSA) is 64.4 Å². The molecule has 1 saturated heterocycles. The SMILES string of the molecule is CCOC(=O)C1CCN(C(=O)c2cc(-c3ccccc3)nn2C)CC1. The third-order valence-corrected chi connectivity index (χ3v) is 4.57. The fraction of sp³-hybridized carbons (Fsp3) is 0.421. The van der Waals surface area contributed by atoms with Gasteiger partial charge in [0.05, 0.1) is 18.2 Å². The van der Waals surface area contributed by atoms with E-state index in [2.05, 4.69) is 5.10 Å². The first-order valence-corrected chi connectivity index (χ1v) is 8.65. The lowest BCUT2D eigenvalue weighted by molar-refractivity contribution is -0.149. The van der Waals surface area contributed by atoms with Crippen LogP contribution in [0, 0.1) is 5.92 Å². The molecule has 3 rings (SSSR count). The normalized spacial score (nSPS) is 15.2. The number of hydrogen-bond acceptors (Lipinski definition) is 4. The first-order chi connectivity index (χ1) is 12.1. The van der Waals surface area contributed by atoms with E-state index in [-0.39, 0.29) is 17.8 Å². The maximum atomic E-state index is 12.8. The first kappa shape index (κ1) is 17.2. The Bertz CT molecular complexity index is 747. The molecule has 0 radical (unpaired) electrons. The van der Waals surface area contributed by atoms with Crippen LogP contribution < -0.4 is 0 Å². The summed E-state index contributed by atoms with van der Waals surface area (Å²) in [6.07, 6.45) is 1.29. The summed E-state index contributed by atoms with van der Waals surface area (Å²) in [7, 11) is 1.78. The molecule has 6 nitrogen and oxygen atoms in total.